The van der Waals surface area contributed by atoms with E-state index in [0.29, 0.717) is 6.54 Å². The first kappa shape index (κ1) is 14.0. The van der Waals surface area contributed by atoms with Crippen LogP contribution in [0.25, 0.3) is 0 Å². The molecule has 3 nitrogen and oxygen atoms in total. The van der Waals surface area contributed by atoms with Crippen LogP contribution in [-0.2, 0) is 4.79 Å². The molecule has 1 heterocycles. The fourth-order valence-electron chi connectivity index (χ4n) is 2.41. The topological polar surface area (TPSA) is 23.6 Å². The van der Waals surface area contributed by atoms with Crippen LogP contribution in [0.2, 0.25) is 0 Å². The van der Waals surface area contributed by atoms with Gasteiger partial charge in [0.15, 0.2) is 0 Å². The predicted molar refractivity (Wildman–Crippen MR) is 73.3 cm³/mol. The molecule has 1 fully saturated rings. The van der Waals surface area contributed by atoms with Crippen molar-refractivity contribution in [3.05, 3.63) is 35.6 Å². The molecule has 1 aliphatic rings. The monoisotopic (exact) mass is 264 g/mol. The molecule has 0 radical (unpaired) electrons. The number of nitrogens with zero attached hydrogens (tertiary/aromatic N) is 2. The Hall–Kier alpha value is -1.42. The minimum Gasteiger partial charge on any atom is -0.342 e. The molecule has 1 aromatic rings. The second-order valence-corrected chi connectivity index (χ2v) is 5.23. The average Bonchev–Trinajstić information content (AvgIpc) is 2.92. The summed E-state index contributed by atoms with van der Waals surface area (Å²) in [5.74, 6) is -0.0410. The van der Waals surface area contributed by atoms with E-state index in [1.807, 2.05) is 23.8 Å². The molecule has 2 rings (SSSR count). The molecule has 4 heteroatoms. The molecule has 1 unspecified atom stereocenters. The van der Waals surface area contributed by atoms with Gasteiger partial charge in [0.25, 0.3) is 0 Å². The van der Waals surface area contributed by atoms with Gasteiger partial charge in [0.05, 0.1) is 6.54 Å². The van der Waals surface area contributed by atoms with Crippen molar-refractivity contribution in [2.75, 3.05) is 26.7 Å². The van der Waals surface area contributed by atoms with Crippen LogP contribution in [0.1, 0.15) is 31.4 Å². The quantitative estimate of drug-likeness (QED) is 0.834. The Balaban J connectivity index is 1.93. The van der Waals surface area contributed by atoms with Gasteiger partial charge in [-0.1, -0.05) is 12.1 Å². The van der Waals surface area contributed by atoms with E-state index in [9.17, 15) is 9.18 Å². The van der Waals surface area contributed by atoms with E-state index in [0.717, 1.165) is 31.5 Å². The number of benzene rings is 1. The molecule has 1 aliphatic heterocycles. The Morgan fingerprint density at radius 1 is 1.32 bits per heavy atom. The second-order valence-electron chi connectivity index (χ2n) is 5.23. The lowest BCUT2D eigenvalue weighted by Crippen LogP contribution is -2.38. The van der Waals surface area contributed by atoms with Gasteiger partial charge in [-0.15, -0.1) is 0 Å². The van der Waals surface area contributed by atoms with E-state index in [-0.39, 0.29) is 17.8 Å². The van der Waals surface area contributed by atoms with Crippen LogP contribution in [0.5, 0.6) is 0 Å². The molecule has 0 aromatic heterocycles. The first-order chi connectivity index (χ1) is 9.08. The van der Waals surface area contributed by atoms with Gasteiger partial charge in [-0.25, -0.2) is 4.39 Å². The molecule has 1 aromatic carbocycles. The fourth-order valence-corrected chi connectivity index (χ4v) is 2.41. The summed E-state index contributed by atoms with van der Waals surface area (Å²) in [7, 11) is 1.93. The summed E-state index contributed by atoms with van der Waals surface area (Å²) >= 11 is 0. The highest BCUT2D eigenvalue weighted by Gasteiger charge is 2.21. The van der Waals surface area contributed by atoms with Crippen LogP contribution in [0.3, 0.4) is 0 Å². The Morgan fingerprint density at radius 2 is 1.89 bits per heavy atom. The molecule has 0 N–H and O–H groups in total. The molecule has 104 valence electrons. The number of amides is 1. The van der Waals surface area contributed by atoms with Gasteiger partial charge in [0.1, 0.15) is 5.82 Å². The minimum atomic E-state index is -0.230. The van der Waals surface area contributed by atoms with Crippen molar-refractivity contribution < 1.29 is 9.18 Å². The summed E-state index contributed by atoms with van der Waals surface area (Å²) < 4.78 is 12.9. The van der Waals surface area contributed by atoms with E-state index in [2.05, 4.69) is 0 Å². The molecule has 1 saturated heterocycles. The highest BCUT2D eigenvalue weighted by molar-refractivity contribution is 5.78. The number of carbonyl (C=O) groups is 1. The molecule has 1 amide bonds. The van der Waals surface area contributed by atoms with E-state index in [1.165, 1.54) is 12.1 Å². The largest absolute Gasteiger partial charge is 0.342 e. The zero-order valence-corrected chi connectivity index (χ0v) is 11.6. The van der Waals surface area contributed by atoms with Crippen molar-refractivity contribution in [1.29, 1.82) is 0 Å². The Labute approximate surface area is 114 Å². The van der Waals surface area contributed by atoms with Gasteiger partial charge in [-0.05, 0) is 44.5 Å². The fraction of sp³-hybridized carbons (Fsp3) is 0.533. The van der Waals surface area contributed by atoms with Crippen molar-refractivity contribution >= 4 is 5.91 Å². The molecule has 0 saturated carbocycles. The number of likely N-dealkylation sites (N-methyl/N-ethyl adjacent to an activating group) is 1. The number of halogens is 1. The lowest BCUT2D eigenvalue weighted by Gasteiger charge is -2.26. The third-order valence-electron chi connectivity index (χ3n) is 3.86. The summed E-state index contributed by atoms with van der Waals surface area (Å²) in [4.78, 5) is 16.0. The van der Waals surface area contributed by atoms with E-state index >= 15 is 0 Å². The lowest BCUT2D eigenvalue weighted by molar-refractivity contribution is -0.131. The van der Waals surface area contributed by atoms with E-state index in [4.69, 9.17) is 0 Å². The molecule has 19 heavy (non-hydrogen) atoms. The Bertz CT molecular complexity index is 426. The Morgan fingerprint density at radius 3 is 2.47 bits per heavy atom. The number of likely N-dealkylation sites (tertiary alicyclic amines) is 1. The number of hydrogen-bond donors (Lipinski definition) is 0. The summed E-state index contributed by atoms with van der Waals surface area (Å²) in [5.41, 5.74) is 1.03. The smallest absolute Gasteiger partial charge is 0.236 e. The normalized spacial score (nSPS) is 16.9. The van der Waals surface area contributed by atoms with E-state index in [1.54, 1.807) is 12.1 Å². The first-order valence-corrected chi connectivity index (χ1v) is 6.81. The van der Waals surface area contributed by atoms with Crippen LogP contribution < -0.4 is 0 Å². The van der Waals surface area contributed by atoms with Crippen molar-refractivity contribution in [3.8, 4) is 0 Å². The summed E-state index contributed by atoms with van der Waals surface area (Å²) in [6.45, 7) is 4.22. The average molecular weight is 264 g/mol. The first-order valence-electron chi connectivity index (χ1n) is 6.81. The molecule has 1 atom stereocenters. The van der Waals surface area contributed by atoms with Crippen LogP contribution in [0.15, 0.2) is 24.3 Å². The Kier molecular flexibility index (Phi) is 4.53. The number of rotatable bonds is 4. The molecule has 0 aliphatic carbocycles. The summed E-state index contributed by atoms with van der Waals surface area (Å²) in [6, 6.07) is 6.57. The lowest BCUT2D eigenvalue weighted by atomic mass is 10.1. The van der Waals surface area contributed by atoms with Gasteiger partial charge in [-0.3, -0.25) is 9.69 Å². The molecule has 0 spiro atoms. The van der Waals surface area contributed by atoms with Gasteiger partial charge < -0.3 is 4.90 Å². The van der Waals surface area contributed by atoms with E-state index < -0.39 is 0 Å². The molecular weight excluding hydrogens is 243 g/mol. The van der Waals surface area contributed by atoms with Crippen LogP contribution in [-0.4, -0.2) is 42.4 Å². The summed E-state index contributed by atoms with van der Waals surface area (Å²) in [6.07, 6.45) is 2.23. The van der Waals surface area contributed by atoms with Crippen LogP contribution >= 0.6 is 0 Å². The minimum absolute atomic E-state index is 0.104. The maximum absolute atomic E-state index is 12.9. The molecular formula is C15H21FN2O. The van der Waals surface area contributed by atoms with Crippen molar-refractivity contribution in [1.82, 2.24) is 9.80 Å². The zero-order valence-electron chi connectivity index (χ0n) is 11.6. The third kappa shape index (κ3) is 3.53. The second kappa shape index (κ2) is 6.15. The van der Waals surface area contributed by atoms with Crippen LogP contribution in [0, 0.1) is 5.82 Å². The maximum Gasteiger partial charge on any atom is 0.236 e. The highest BCUT2D eigenvalue weighted by atomic mass is 19.1. The zero-order chi connectivity index (χ0) is 13.8. The third-order valence-corrected chi connectivity index (χ3v) is 3.86. The predicted octanol–water partition coefficient (Wildman–Crippen LogP) is 2.44. The number of hydrogen-bond acceptors (Lipinski definition) is 2. The van der Waals surface area contributed by atoms with Gasteiger partial charge in [0.2, 0.25) is 5.91 Å². The maximum atomic E-state index is 12.9. The van der Waals surface area contributed by atoms with Crippen LogP contribution in [0.4, 0.5) is 4.39 Å². The van der Waals surface area contributed by atoms with Crippen molar-refractivity contribution in [3.63, 3.8) is 0 Å². The van der Waals surface area contributed by atoms with Gasteiger partial charge in [-0.2, -0.15) is 0 Å². The molecule has 0 bridgehead atoms. The SMILES string of the molecule is CC(c1ccc(F)cc1)N(C)CC(=O)N1CCCC1. The van der Waals surface area contributed by atoms with Gasteiger partial charge in [0, 0.05) is 19.1 Å². The standard InChI is InChI=1S/C15H21FN2O/c1-12(13-5-7-14(16)8-6-13)17(2)11-15(19)18-9-3-4-10-18/h5-8,12H,3-4,9-11H2,1-2H3. The van der Waals surface area contributed by atoms with Gasteiger partial charge >= 0.3 is 0 Å². The summed E-state index contributed by atoms with van der Waals surface area (Å²) in [5, 5.41) is 0. The van der Waals surface area contributed by atoms with Crippen molar-refractivity contribution in [2.24, 2.45) is 0 Å². The highest BCUT2D eigenvalue weighted by Crippen LogP contribution is 2.19. The number of carbonyl (C=O) groups excluding carboxylic acids is 1. The van der Waals surface area contributed by atoms with Crippen molar-refractivity contribution in [2.45, 2.75) is 25.8 Å².